The zero-order valence-electron chi connectivity index (χ0n) is 11.8. The Morgan fingerprint density at radius 2 is 2.25 bits per heavy atom. The molecule has 1 N–H and O–H groups in total. The van der Waals surface area contributed by atoms with E-state index in [9.17, 15) is 9.90 Å². The highest BCUT2D eigenvalue weighted by Crippen LogP contribution is 2.29. The van der Waals surface area contributed by atoms with Crippen LogP contribution in [0.1, 0.15) is 38.4 Å². The number of likely N-dealkylation sites (N-methyl/N-ethyl adjacent to an activating group) is 1. The molecular weight excluding hydrogens is 322 g/mol. The second-order valence-corrected chi connectivity index (χ2v) is 5.97. The van der Waals surface area contributed by atoms with Crippen LogP contribution in [0.5, 0.6) is 5.75 Å². The Bertz CT molecular complexity index is 486. The number of aliphatic hydroxyl groups is 1. The quantitative estimate of drug-likeness (QED) is 0.865. The number of carbonyl (C=O) groups excluding carboxylic acids is 1. The van der Waals surface area contributed by atoms with Gasteiger partial charge in [-0.25, -0.2) is 0 Å². The van der Waals surface area contributed by atoms with Crippen molar-refractivity contribution in [3.8, 4) is 5.75 Å². The van der Waals surface area contributed by atoms with Gasteiger partial charge in [-0.3, -0.25) is 4.79 Å². The van der Waals surface area contributed by atoms with E-state index >= 15 is 0 Å². The van der Waals surface area contributed by atoms with E-state index in [0.717, 1.165) is 17.3 Å². The molecule has 0 spiro atoms. The molecule has 110 valence electrons. The summed E-state index contributed by atoms with van der Waals surface area (Å²) in [6, 6.07) is 5.82. The predicted molar refractivity (Wildman–Crippen MR) is 80.7 cm³/mol. The van der Waals surface area contributed by atoms with Crippen LogP contribution in [0.4, 0.5) is 0 Å². The van der Waals surface area contributed by atoms with E-state index in [1.807, 2.05) is 17.9 Å². The fourth-order valence-electron chi connectivity index (χ4n) is 2.23. The second-order valence-electron chi connectivity index (χ2n) is 5.06. The van der Waals surface area contributed by atoms with Crippen LogP contribution in [0.15, 0.2) is 22.7 Å². The molecule has 1 aliphatic rings. The van der Waals surface area contributed by atoms with Gasteiger partial charge in [-0.15, -0.1) is 0 Å². The first-order valence-electron chi connectivity index (χ1n) is 6.92. The Morgan fingerprint density at radius 1 is 1.55 bits per heavy atom. The van der Waals surface area contributed by atoms with Gasteiger partial charge in [-0.1, -0.05) is 22.0 Å². The summed E-state index contributed by atoms with van der Waals surface area (Å²) in [5.74, 6) is 0.557. The van der Waals surface area contributed by atoms with E-state index < -0.39 is 6.10 Å². The fourth-order valence-corrected chi connectivity index (χ4v) is 2.57. The zero-order chi connectivity index (χ0) is 14.7. The van der Waals surface area contributed by atoms with Crippen molar-refractivity contribution in [2.45, 2.75) is 38.8 Å². The SMILES string of the molecule is CCN(C(=O)COc1cc(Br)ccc1C(C)O)C1CC1. The molecule has 5 heteroatoms. The highest BCUT2D eigenvalue weighted by atomic mass is 79.9. The number of benzene rings is 1. The van der Waals surface area contributed by atoms with Gasteiger partial charge in [0.25, 0.3) is 5.91 Å². The van der Waals surface area contributed by atoms with Crippen LogP contribution in [0.2, 0.25) is 0 Å². The van der Waals surface area contributed by atoms with Crippen LogP contribution in [-0.2, 0) is 4.79 Å². The summed E-state index contributed by atoms with van der Waals surface area (Å²) < 4.78 is 6.48. The number of aliphatic hydroxyl groups excluding tert-OH is 1. The third-order valence-electron chi connectivity index (χ3n) is 3.43. The highest BCUT2D eigenvalue weighted by Gasteiger charge is 2.31. The molecule has 1 saturated carbocycles. The predicted octanol–water partition coefficient (Wildman–Crippen LogP) is 2.89. The minimum Gasteiger partial charge on any atom is -0.483 e. The van der Waals surface area contributed by atoms with E-state index in [1.54, 1.807) is 19.1 Å². The third kappa shape index (κ3) is 3.73. The van der Waals surface area contributed by atoms with Crippen molar-refractivity contribution < 1.29 is 14.6 Å². The molecule has 1 aromatic carbocycles. The average Bonchev–Trinajstić information content (AvgIpc) is 3.21. The van der Waals surface area contributed by atoms with Crippen LogP contribution in [0.25, 0.3) is 0 Å². The number of rotatable bonds is 6. The lowest BCUT2D eigenvalue weighted by molar-refractivity contribution is -0.133. The maximum absolute atomic E-state index is 12.1. The van der Waals surface area contributed by atoms with E-state index in [0.29, 0.717) is 23.9 Å². The number of halogens is 1. The molecule has 4 nitrogen and oxygen atoms in total. The van der Waals surface area contributed by atoms with Crippen molar-refractivity contribution >= 4 is 21.8 Å². The molecule has 1 fully saturated rings. The van der Waals surface area contributed by atoms with E-state index in [2.05, 4.69) is 15.9 Å². The number of ether oxygens (including phenoxy) is 1. The Morgan fingerprint density at radius 3 is 2.80 bits per heavy atom. The summed E-state index contributed by atoms with van der Waals surface area (Å²) in [5, 5.41) is 9.72. The van der Waals surface area contributed by atoms with Crippen LogP contribution in [-0.4, -0.2) is 35.1 Å². The van der Waals surface area contributed by atoms with Gasteiger partial charge in [0.1, 0.15) is 5.75 Å². The highest BCUT2D eigenvalue weighted by molar-refractivity contribution is 9.10. The first-order valence-corrected chi connectivity index (χ1v) is 7.72. The topological polar surface area (TPSA) is 49.8 Å². The summed E-state index contributed by atoms with van der Waals surface area (Å²) in [6.45, 7) is 4.39. The summed E-state index contributed by atoms with van der Waals surface area (Å²) in [4.78, 5) is 14.0. The molecule has 0 saturated heterocycles. The molecule has 2 rings (SSSR count). The zero-order valence-corrected chi connectivity index (χ0v) is 13.4. The molecule has 0 bridgehead atoms. The van der Waals surface area contributed by atoms with Crippen molar-refractivity contribution in [2.24, 2.45) is 0 Å². The van der Waals surface area contributed by atoms with Crippen LogP contribution in [0.3, 0.4) is 0 Å². The van der Waals surface area contributed by atoms with Crippen molar-refractivity contribution in [1.29, 1.82) is 0 Å². The minimum atomic E-state index is -0.626. The first kappa shape index (κ1) is 15.3. The van der Waals surface area contributed by atoms with Gasteiger partial charge < -0.3 is 14.7 Å². The van der Waals surface area contributed by atoms with Gasteiger partial charge in [0.15, 0.2) is 6.61 Å². The summed E-state index contributed by atoms with van der Waals surface area (Å²) in [6.07, 6.45) is 1.56. The summed E-state index contributed by atoms with van der Waals surface area (Å²) in [7, 11) is 0. The maximum Gasteiger partial charge on any atom is 0.260 e. The molecule has 1 aliphatic carbocycles. The van der Waals surface area contributed by atoms with E-state index in [-0.39, 0.29) is 12.5 Å². The van der Waals surface area contributed by atoms with Crippen molar-refractivity contribution in [3.63, 3.8) is 0 Å². The lowest BCUT2D eigenvalue weighted by atomic mass is 10.1. The van der Waals surface area contributed by atoms with Crippen LogP contribution >= 0.6 is 15.9 Å². The van der Waals surface area contributed by atoms with Gasteiger partial charge >= 0.3 is 0 Å². The number of hydrogen-bond acceptors (Lipinski definition) is 3. The molecule has 1 aromatic rings. The summed E-state index contributed by atoms with van der Waals surface area (Å²) >= 11 is 3.37. The Labute approximate surface area is 127 Å². The lowest BCUT2D eigenvalue weighted by Crippen LogP contribution is -2.36. The molecule has 0 heterocycles. The van der Waals surface area contributed by atoms with Crippen LogP contribution < -0.4 is 4.74 Å². The smallest absolute Gasteiger partial charge is 0.260 e. The fraction of sp³-hybridized carbons (Fsp3) is 0.533. The first-order chi connectivity index (χ1) is 9.52. The van der Waals surface area contributed by atoms with Gasteiger partial charge in [-0.05, 0) is 38.8 Å². The lowest BCUT2D eigenvalue weighted by Gasteiger charge is -2.21. The Balaban J connectivity index is 2.02. The number of carbonyl (C=O) groups is 1. The molecule has 0 radical (unpaired) electrons. The monoisotopic (exact) mass is 341 g/mol. The second kappa shape index (κ2) is 6.59. The van der Waals surface area contributed by atoms with Crippen molar-refractivity contribution in [2.75, 3.05) is 13.2 Å². The molecule has 1 atom stereocenters. The Kier molecular flexibility index (Phi) is 5.05. The average molecular weight is 342 g/mol. The van der Waals surface area contributed by atoms with E-state index in [4.69, 9.17) is 4.74 Å². The van der Waals surface area contributed by atoms with Gasteiger partial charge in [0.05, 0.1) is 6.10 Å². The molecule has 0 aliphatic heterocycles. The number of amides is 1. The summed E-state index contributed by atoms with van der Waals surface area (Å²) in [5.41, 5.74) is 0.690. The molecular formula is C15H20BrNO3. The van der Waals surface area contributed by atoms with Crippen LogP contribution in [0, 0.1) is 0 Å². The van der Waals surface area contributed by atoms with E-state index in [1.165, 1.54) is 0 Å². The molecule has 20 heavy (non-hydrogen) atoms. The molecule has 1 amide bonds. The standard InChI is InChI=1S/C15H20BrNO3/c1-3-17(12-5-6-12)15(19)9-20-14-8-11(16)4-7-13(14)10(2)18/h4,7-8,10,12,18H,3,5-6,9H2,1-2H3. The minimum absolute atomic E-state index is 0.00604. The number of nitrogens with zero attached hydrogens (tertiary/aromatic N) is 1. The number of hydrogen-bond donors (Lipinski definition) is 1. The molecule has 0 aromatic heterocycles. The largest absolute Gasteiger partial charge is 0.483 e. The van der Waals surface area contributed by atoms with Gasteiger partial charge in [0.2, 0.25) is 0 Å². The normalized spacial score (nSPS) is 15.8. The van der Waals surface area contributed by atoms with Gasteiger partial charge in [0, 0.05) is 22.6 Å². The molecule has 1 unspecified atom stereocenters. The maximum atomic E-state index is 12.1. The van der Waals surface area contributed by atoms with Gasteiger partial charge in [-0.2, -0.15) is 0 Å². The Hall–Kier alpha value is -1.07. The van der Waals surface area contributed by atoms with Crippen molar-refractivity contribution in [3.05, 3.63) is 28.2 Å². The third-order valence-corrected chi connectivity index (χ3v) is 3.92. The van der Waals surface area contributed by atoms with Crippen molar-refractivity contribution in [1.82, 2.24) is 4.90 Å².